The van der Waals surface area contributed by atoms with Crippen LogP contribution in [0.5, 0.6) is 0 Å². The monoisotopic (exact) mass is 260 g/mol. The fourth-order valence-corrected chi connectivity index (χ4v) is 4.02. The first-order valence-corrected chi connectivity index (χ1v) is 8.59. The van der Waals surface area contributed by atoms with Crippen molar-refractivity contribution in [2.45, 2.75) is 32.2 Å². The van der Waals surface area contributed by atoms with Crippen LogP contribution in [-0.4, -0.2) is 57.0 Å². The molecule has 0 aromatic heterocycles. The summed E-state index contributed by atoms with van der Waals surface area (Å²) in [6, 6.07) is 0.634. The highest BCUT2D eigenvalue weighted by molar-refractivity contribution is 7.91. The summed E-state index contributed by atoms with van der Waals surface area (Å²) in [6.45, 7) is 5.87. The minimum Gasteiger partial charge on any atom is -0.316 e. The molecule has 0 aromatic rings. The van der Waals surface area contributed by atoms with E-state index in [1.54, 1.807) is 0 Å². The summed E-state index contributed by atoms with van der Waals surface area (Å²) in [5.74, 6) is 1.46. The van der Waals surface area contributed by atoms with Crippen molar-refractivity contribution >= 4 is 9.84 Å². The van der Waals surface area contributed by atoms with Crippen molar-refractivity contribution in [3.8, 4) is 0 Å². The Balaban J connectivity index is 1.75. The molecule has 1 saturated carbocycles. The van der Waals surface area contributed by atoms with Crippen LogP contribution < -0.4 is 5.32 Å². The van der Waals surface area contributed by atoms with Gasteiger partial charge in [-0.25, -0.2) is 8.42 Å². The summed E-state index contributed by atoms with van der Waals surface area (Å²) in [5, 5.41) is 3.48. The van der Waals surface area contributed by atoms with Crippen LogP contribution in [-0.2, 0) is 9.84 Å². The molecule has 17 heavy (non-hydrogen) atoms. The molecular formula is C12H24N2O2S. The van der Waals surface area contributed by atoms with Crippen molar-refractivity contribution in [1.29, 1.82) is 0 Å². The third-order valence-corrected chi connectivity index (χ3v) is 5.67. The Morgan fingerprint density at radius 3 is 2.47 bits per heavy atom. The van der Waals surface area contributed by atoms with Gasteiger partial charge >= 0.3 is 0 Å². The summed E-state index contributed by atoms with van der Waals surface area (Å²) in [7, 11) is -2.73. The van der Waals surface area contributed by atoms with Crippen molar-refractivity contribution in [1.82, 2.24) is 10.2 Å². The molecular weight excluding hydrogens is 236 g/mol. The number of nitrogens with one attached hydrogen (secondary N) is 1. The first-order chi connectivity index (χ1) is 8.12. The molecule has 2 unspecified atom stereocenters. The van der Waals surface area contributed by atoms with E-state index in [-0.39, 0.29) is 0 Å². The third kappa shape index (κ3) is 3.42. The van der Waals surface area contributed by atoms with Gasteiger partial charge in [0.05, 0.1) is 11.5 Å². The Morgan fingerprint density at radius 1 is 1.24 bits per heavy atom. The third-order valence-electron chi connectivity index (χ3n) is 4.06. The van der Waals surface area contributed by atoms with E-state index >= 15 is 0 Å². The van der Waals surface area contributed by atoms with Crippen LogP contribution in [0.2, 0.25) is 0 Å². The van der Waals surface area contributed by atoms with Gasteiger partial charge in [0, 0.05) is 19.1 Å². The van der Waals surface area contributed by atoms with Crippen molar-refractivity contribution in [3.05, 3.63) is 0 Å². The lowest BCUT2D eigenvalue weighted by atomic mass is 9.78. The molecule has 0 amide bonds. The van der Waals surface area contributed by atoms with E-state index < -0.39 is 9.84 Å². The first-order valence-electron chi connectivity index (χ1n) is 6.77. The molecule has 5 heteroatoms. The van der Waals surface area contributed by atoms with E-state index in [0.29, 0.717) is 17.5 Å². The van der Waals surface area contributed by atoms with Gasteiger partial charge in [0.25, 0.3) is 0 Å². The molecule has 2 aliphatic rings. The summed E-state index contributed by atoms with van der Waals surface area (Å²) in [6.07, 6.45) is 3.72. The summed E-state index contributed by atoms with van der Waals surface area (Å²) >= 11 is 0. The molecule has 2 rings (SSSR count). The summed E-state index contributed by atoms with van der Waals surface area (Å²) in [5.41, 5.74) is 0. The molecule has 2 atom stereocenters. The lowest BCUT2D eigenvalue weighted by Crippen LogP contribution is -2.55. The van der Waals surface area contributed by atoms with Crippen LogP contribution in [0.4, 0.5) is 0 Å². The zero-order valence-electron chi connectivity index (χ0n) is 10.7. The zero-order valence-corrected chi connectivity index (χ0v) is 11.5. The SMILES string of the molecule is CCCNCC1CCC1N1CCS(=O)(=O)CC1. The number of sulfone groups is 1. The zero-order chi connectivity index (χ0) is 12.3. The van der Waals surface area contributed by atoms with Gasteiger partial charge in [-0.3, -0.25) is 4.90 Å². The summed E-state index contributed by atoms with van der Waals surface area (Å²) < 4.78 is 22.8. The second-order valence-electron chi connectivity index (χ2n) is 5.30. The van der Waals surface area contributed by atoms with Gasteiger partial charge in [0.2, 0.25) is 0 Å². The van der Waals surface area contributed by atoms with Crippen LogP contribution in [0, 0.1) is 5.92 Å². The average Bonchev–Trinajstić information content (AvgIpc) is 2.26. The average molecular weight is 260 g/mol. The van der Waals surface area contributed by atoms with E-state index in [9.17, 15) is 8.42 Å². The van der Waals surface area contributed by atoms with E-state index in [1.165, 1.54) is 19.3 Å². The van der Waals surface area contributed by atoms with Crippen LogP contribution in [0.1, 0.15) is 26.2 Å². The van der Waals surface area contributed by atoms with E-state index in [2.05, 4.69) is 17.1 Å². The Bertz CT molecular complexity index is 328. The van der Waals surface area contributed by atoms with E-state index in [1.807, 2.05) is 0 Å². The maximum Gasteiger partial charge on any atom is 0.152 e. The van der Waals surface area contributed by atoms with E-state index in [4.69, 9.17) is 0 Å². The van der Waals surface area contributed by atoms with Gasteiger partial charge in [0.15, 0.2) is 9.84 Å². The Labute approximate surface area is 105 Å². The van der Waals surface area contributed by atoms with Gasteiger partial charge in [-0.2, -0.15) is 0 Å². The van der Waals surface area contributed by atoms with Gasteiger partial charge in [-0.15, -0.1) is 0 Å². The predicted molar refractivity (Wildman–Crippen MR) is 69.9 cm³/mol. The second kappa shape index (κ2) is 5.67. The molecule has 0 aromatic carbocycles. The van der Waals surface area contributed by atoms with E-state index in [0.717, 1.165) is 32.1 Å². The molecule has 0 radical (unpaired) electrons. The molecule has 1 N–H and O–H groups in total. The van der Waals surface area contributed by atoms with Crippen molar-refractivity contribution in [3.63, 3.8) is 0 Å². The smallest absolute Gasteiger partial charge is 0.152 e. The second-order valence-corrected chi connectivity index (χ2v) is 7.60. The van der Waals surface area contributed by atoms with Gasteiger partial charge in [-0.05, 0) is 38.3 Å². The predicted octanol–water partition coefficient (Wildman–Crippen LogP) is 0.495. The largest absolute Gasteiger partial charge is 0.316 e. The quantitative estimate of drug-likeness (QED) is 0.731. The maximum atomic E-state index is 11.4. The number of rotatable bonds is 5. The number of hydrogen-bond donors (Lipinski definition) is 1. The molecule has 100 valence electrons. The number of nitrogens with zero attached hydrogens (tertiary/aromatic N) is 1. The van der Waals surface area contributed by atoms with Crippen LogP contribution in [0.3, 0.4) is 0 Å². The fraction of sp³-hybridized carbons (Fsp3) is 1.00. The van der Waals surface area contributed by atoms with Crippen LogP contribution in [0.15, 0.2) is 0 Å². The van der Waals surface area contributed by atoms with Gasteiger partial charge < -0.3 is 5.32 Å². The molecule has 2 fully saturated rings. The van der Waals surface area contributed by atoms with Crippen molar-refractivity contribution in [2.24, 2.45) is 5.92 Å². The fourth-order valence-electron chi connectivity index (χ4n) is 2.79. The Kier molecular flexibility index (Phi) is 4.44. The van der Waals surface area contributed by atoms with Crippen LogP contribution in [0.25, 0.3) is 0 Å². The maximum absolute atomic E-state index is 11.4. The molecule has 0 bridgehead atoms. The molecule has 4 nitrogen and oxygen atoms in total. The Hall–Kier alpha value is -0.130. The minimum atomic E-state index is -2.73. The Morgan fingerprint density at radius 2 is 1.94 bits per heavy atom. The highest BCUT2D eigenvalue weighted by Crippen LogP contribution is 2.32. The molecule has 1 heterocycles. The lowest BCUT2D eigenvalue weighted by Gasteiger charge is -2.46. The summed E-state index contributed by atoms with van der Waals surface area (Å²) in [4.78, 5) is 2.39. The van der Waals surface area contributed by atoms with Crippen molar-refractivity contribution < 1.29 is 8.42 Å². The number of hydrogen-bond acceptors (Lipinski definition) is 4. The topological polar surface area (TPSA) is 49.4 Å². The first kappa shape index (κ1) is 13.3. The molecule has 1 aliphatic carbocycles. The highest BCUT2D eigenvalue weighted by Gasteiger charge is 2.37. The normalized spacial score (nSPS) is 33.2. The minimum absolute atomic E-state index is 0.360. The molecule has 1 aliphatic heterocycles. The van der Waals surface area contributed by atoms with Gasteiger partial charge in [-0.1, -0.05) is 6.92 Å². The molecule has 1 saturated heterocycles. The standard InChI is InChI=1S/C12H24N2O2S/c1-2-5-13-10-11-3-4-12(11)14-6-8-17(15,16)9-7-14/h11-13H,2-10H2,1H3. The molecule has 0 spiro atoms. The lowest BCUT2D eigenvalue weighted by molar-refractivity contribution is 0.0691. The van der Waals surface area contributed by atoms with Gasteiger partial charge in [0.1, 0.15) is 0 Å². The highest BCUT2D eigenvalue weighted by atomic mass is 32.2. The van der Waals surface area contributed by atoms with Crippen molar-refractivity contribution in [2.75, 3.05) is 37.7 Å². The van der Waals surface area contributed by atoms with Crippen LogP contribution >= 0.6 is 0 Å².